The molecule has 0 bridgehead atoms. The molecule has 1 aromatic carbocycles. The Balaban J connectivity index is 1.82. The number of amides is 3. The molecule has 0 saturated carbocycles. The van der Waals surface area contributed by atoms with Gasteiger partial charge in [0.25, 0.3) is 5.91 Å². The maximum atomic E-state index is 15.5. The fraction of sp³-hybridized carbons (Fsp3) is 0.571. The van der Waals surface area contributed by atoms with Crippen LogP contribution in [0.3, 0.4) is 0 Å². The van der Waals surface area contributed by atoms with Gasteiger partial charge in [-0.05, 0) is 44.9 Å². The molecule has 0 unspecified atom stereocenters. The van der Waals surface area contributed by atoms with Crippen molar-refractivity contribution in [1.82, 2.24) is 15.1 Å². The second-order valence-corrected chi connectivity index (χ2v) is 8.15. The van der Waals surface area contributed by atoms with Gasteiger partial charge in [0, 0.05) is 55.5 Å². The average molecular weight is 411 g/mol. The number of halogens is 1. The molecule has 2 saturated heterocycles. The van der Waals surface area contributed by atoms with E-state index in [1.165, 1.54) is 20.8 Å². The van der Waals surface area contributed by atoms with E-state index in [0.29, 0.717) is 4.90 Å². The first-order chi connectivity index (χ1) is 16.7. The first-order valence-electron chi connectivity index (χ1n) is 13.2. The summed E-state index contributed by atoms with van der Waals surface area (Å²) in [6.07, 6.45) is 0.0544. The van der Waals surface area contributed by atoms with Gasteiger partial charge >= 0.3 is 0 Å². The Hall–Kier alpha value is -2.48. The summed E-state index contributed by atoms with van der Waals surface area (Å²) in [5.74, 6) is -3.14. The van der Waals surface area contributed by atoms with Crippen LogP contribution in [0.15, 0.2) is 12.1 Å². The molecule has 1 atom stereocenters. The zero-order valence-electron chi connectivity index (χ0n) is 24.3. The average Bonchev–Trinajstić information content (AvgIpc) is 3.01. The van der Waals surface area contributed by atoms with Gasteiger partial charge in [-0.25, -0.2) is 4.39 Å². The number of nitrogens with zero attached hydrogens (tertiary/aromatic N) is 3. The van der Waals surface area contributed by atoms with Crippen molar-refractivity contribution in [2.45, 2.75) is 51.7 Å². The molecule has 29 heavy (non-hydrogen) atoms. The Morgan fingerprint density at radius 1 is 1.14 bits per heavy atom. The Labute approximate surface area is 181 Å². The molecule has 3 aliphatic heterocycles. The lowest BCUT2D eigenvalue weighted by Gasteiger charge is -2.43. The summed E-state index contributed by atoms with van der Waals surface area (Å²) in [7, 11) is 0. The molecule has 0 aliphatic carbocycles. The van der Waals surface area contributed by atoms with Crippen molar-refractivity contribution in [3.05, 3.63) is 29.1 Å². The molecule has 8 heteroatoms. The van der Waals surface area contributed by atoms with Gasteiger partial charge in [-0.1, -0.05) is 0 Å². The lowest BCUT2D eigenvalue weighted by molar-refractivity contribution is -0.136. The smallest absolute Gasteiger partial charge is 0.255 e. The Kier molecular flexibility index (Phi) is 3.00. The molecule has 7 nitrogen and oxygen atoms in total. The highest BCUT2D eigenvalue weighted by molar-refractivity contribution is 6.05. The van der Waals surface area contributed by atoms with Crippen molar-refractivity contribution in [2.24, 2.45) is 0 Å². The van der Waals surface area contributed by atoms with Crippen molar-refractivity contribution < 1.29 is 29.7 Å². The summed E-state index contributed by atoms with van der Waals surface area (Å²) in [6.45, 7) is -8.82. The molecule has 0 spiro atoms. The van der Waals surface area contributed by atoms with E-state index in [9.17, 15) is 14.4 Å². The van der Waals surface area contributed by atoms with Crippen LogP contribution < -0.4 is 10.2 Å². The summed E-state index contributed by atoms with van der Waals surface area (Å²) < 4.78 is 83.9. The van der Waals surface area contributed by atoms with E-state index in [-0.39, 0.29) is 35.4 Å². The van der Waals surface area contributed by atoms with Gasteiger partial charge in [-0.15, -0.1) is 0 Å². The summed E-state index contributed by atoms with van der Waals surface area (Å²) in [5.41, 5.74) is -2.16. The number of rotatable bonds is 2. The zero-order chi connectivity index (χ0) is 28.1. The van der Waals surface area contributed by atoms with Gasteiger partial charge in [-0.2, -0.15) is 0 Å². The monoisotopic (exact) mass is 410 g/mol. The van der Waals surface area contributed by atoms with Crippen LogP contribution in [0.4, 0.5) is 10.1 Å². The van der Waals surface area contributed by atoms with Gasteiger partial charge in [0.05, 0.1) is 11.2 Å². The molecule has 156 valence electrons. The van der Waals surface area contributed by atoms with Crippen LogP contribution in [0.5, 0.6) is 0 Å². The SMILES string of the molecule is [2H]C1([2H])N(c2cc3c(cc2F)C(=O)N([C@@H]2CCC(=O)NC2=O)C3)C([2H])([2H])C([2H])([2H])N(C(C)(C)C)C1([2H])[2H]. The highest BCUT2D eigenvalue weighted by atomic mass is 19.1. The molecule has 0 radical (unpaired) electrons. The van der Waals surface area contributed by atoms with E-state index in [1.807, 2.05) is 0 Å². The first kappa shape index (κ1) is 12.3. The molecule has 1 aromatic rings. The molecule has 3 amide bonds. The first-order valence-corrected chi connectivity index (χ1v) is 9.25. The van der Waals surface area contributed by atoms with Crippen molar-refractivity contribution in [2.75, 3.05) is 30.9 Å². The molecule has 1 N–H and O–H groups in total. The third kappa shape index (κ3) is 3.61. The van der Waals surface area contributed by atoms with Gasteiger partial charge < -0.3 is 9.80 Å². The van der Waals surface area contributed by atoms with Crippen LogP contribution in [0.1, 0.15) is 60.5 Å². The lowest BCUT2D eigenvalue weighted by atomic mass is 10.0. The molecule has 4 rings (SSSR count). The number of hydrogen-bond donors (Lipinski definition) is 1. The van der Waals surface area contributed by atoms with E-state index in [1.54, 1.807) is 0 Å². The Morgan fingerprint density at radius 2 is 1.83 bits per heavy atom. The van der Waals surface area contributed by atoms with Crippen molar-refractivity contribution in [1.29, 1.82) is 0 Å². The zero-order valence-corrected chi connectivity index (χ0v) is 16.3. The number of piperazine rings is 1. The minimum atomic E-state index is -3.28. The van der Waals surface area contributed by atoms with Gasteiger partial charge in [-0.3, -0.25) is 24.6 Å². The number of piperidine rings is 1. The minimum absolute atomic E-state index is 0.00122. The van der Waals surface area contributed by atoms with Crippen LogP contribution >= 0.6 is 0 Å². The summed E-state index contributed by atoms with van der Waals surface area (Å²) >= 11 is 0. The fourth-order valence-electron chi connectivity index (χ4n) is 3.46. The highest BCUT2D eigenvalue weighted by Crippen LogP contribution is 2.33. The number of nitrogens with one attached hydrogen (secondary N) is 1. The predicted octanol–water partition coefficient (Wildman–Crippen LogP) is 1.51. The van der Waals surface area contributed by atoms with Crippen LogP contribution in [-0.2, 0) is 16.1 Å². The quantitative estimate of drug-likeness (QED) is 0.749. The largest absolute Gasteiger partial charge is 0.367 e. The molecular formula is C21H27FN4O3. The summed E-state index contributed by atoms with van der Waals surface area (Å²) in [6, 6.07) is 0.746. The fourth-order valence-corrected chi connectivity index (χ4v) is 3.46. The lowest BCUT2D eigenvalue weighted by Crippen LogP contribution is -2.53. The van der Waals surface area contributed by atoms with Gasteiger partial charge in [0.2, 0.25) is 11.8 Å². The van der Waals surface area contributed by atoms with Crippen LogP contribution in [0.2, 0.25) is 0 Å². The summed E-state index contributed by atoms with van der Waals surface area (Å²) in [5, 5.41) is 2.14. The van der Waals surface area contributed by atoms with Gasteiger partial charge in [0.1, 0.15) is 11.9 Å². The number of carbonyl (C=O) groups is 3. The maximum Gasteiger partial charge on any atom is 0.255 e. The second-order valence-electron chi connectivity index (χ2n) is 8.15. The van der Waals surface area contributed by atoms with Crippen LogP contribution in [0.25, 0.3) is 0 Å². The molecule has 3 heterocycles. The Bertz CT molecular complexity index is 1170. The molecule has 2 fully saturated rings. The third-order valence-electron chi connectivity index (χ3n) is 5.05. The number of anilines is 1. The second kappa shape index (κ2) is 7.09. The standard InChI is InChI=1S/C21H27FN4O3/c1-21(2,3)25-8-6-24(7-9-25)17-10-13-12-26(20(29)14(13)11-15(17)22)16-4-5-18(27)23-19(16)28/h10-11,16H,4-9,12H2,1-3H3,(H,23,27,28)/t16-/m1/s1/i6D2,7D2,8D2,9D2. The predicted molar refractivity (Wildman–Crippen MR) is 106 cm³/mol. The topological polar surface area (TPSA) is 73.0 Å². The van der Waals surface area contributed by atoms with E-state index in [2.05, 4.69) is 5.32 Å². The van der Waals surface area contributed by atoms with Gasteiger partial charge in [0.15, 0.2) is 0 Å². The van der Waals surface area contributed by atoms with E-state index in [0.717, 1.165) is 17.0 Å². The number of benzene rings is 1. The van der Waals surface area contributed by atoms with E-state index in [4.69, 9.17) is 11.0 Å². The van der Waals surface area contributed by atoms with Crippen LogP contribution in [-0.4, -0.2) is 65.1 Å². The van der Waals surface area contributed by atoms with Crippen molar-refractivity contribution in [3.8, 4) is 0 Å². The third-order valence-corrected chi connectivity index (χ3v) is 5.05. The molecule has 3 aliphatic rings. The minimum Gasteiger partial charge on any atom is -0.367 e. The number of fused-ring (bicyclic) bond motifs is 1. The Morgan fingerprint density at radius 3 is 2.45 bits per heavy atom. The molecule has 0 aromatic heterocycles. The summed E-state index contributed by atoms with van der Waals surface area (Å²) in [4.78, 5) is 38.5. The van der Waals surface area contributed by atoms with Crippen molar-refractivity contribution in [3.63, 3.8) is 0 Å². The molecular weight excluding hydrogens is 375 g/mol. The normalized spacial score (nSPS) is 34.5. The van der Waals surface area contributed by atoms with E-state index < -0.39 is 66.8 Å². The number of carbonyl (C=O) groups excluding carboxylic acids is 3. The van der Waals surface area contributed by atoms with E-state index >= 15 is 4.39 Å². The highest BCUT2D eigenvalue weighted by Gasteiger charge is 2.40. The number of imide groups is 1. The van der Waals surface area contributed by atoms with Crippen molar-refractivity contribution >= 4 is 23.4 Å². The maximum absolute atomic E-state index is 15.5. The number of hydrogen-bond acceptors (Lipinski definition) is 5. The van der Waals surface area contributed by atoms with Crippen LogP contribution in [0, 0.1) is 5.82 Å².